The molecule has 0 saturated heterocycles. The van der Waals surface area contributed by atoms with E-state index >= 15 is 0 Å². The van der Waals surface area contributed by atoms with Crippen molar-refractivity contribution in [1.82, 2.24) is 25.1 Å². The van der Waals surface area contributed by atoms with E-state index in [9.17, 15) is 4.79 Å². The second kappa shape index (κ2) is 9.76. The van der Waals surface area contributed by atoms with Crippen LogP contribution in [0.2, 0.25) is 5.02 Å². The third-order valence-electron chi connectivity index (χ3n) is 4.83. The number of aromatic nitrogens is 4. The Labute approximate surface area is 189 Å². The third kappa shape index (κ3) is 4.95. The molecule has 0 radical (unpaired) electrons. The van der Waals surface area contributed by atoms with Crippen LogP contribution in [-0.2, 0) is 4.79 Å². The summed E-state index contributed by atoms with van der Waals surface area (Å²) in [7, 11) is 1.83. The van der Waals surface area contributed by atoms with Gasteiger partial charge in [0.2, 0.25) is 11.1 Å². The van der Waals surface area contributed by atoms with Crippen LogP contribution in [0.3, 0.4) is 0 Å². The molecule has 8 heteroatoms. The highest BCUT2D eigenvalue weighted by molar-refractivity contribution is 7.99. The summed E-state index contributed by atoms with van der Waals surface area (Å²) in [4.78, 5) is 14.9. The van der Waals surface area contributed by atoms with Gasteiger partial charge in [-0.1, -0.05) is 90.1 Å². The summed E-state index contributed by atoms with van der Waals surface area (Å²) in [5, 5.41) is 13.0. The Kier molecular flexibility index (Phi) is 6.64. The van der Waals surface area contributed by atoms with Gasteiger partial charge in [-0.15, -0.1) is 5.10 Å². The SMILES string of the molecule is CN(C(=O)CSc1nnnn1-c1cccc(Cl)c1)C(c1ccccc1)c1ccccc1. The molecule has 0 spiro atoms. The number of halogens is 1. The van der Waals surface area contributed by atoms with Gasteiger partial charge in [0, 0.05) is 12.1 Å². The summed E-state index contributed by atoms with van der Waals surface area (Å²) in [6.45, 7) is 0. The van der Waals surface area contributed by atoms with E-state index in [1.54, 1.807) is 21.7 Å². The van der Waals surface area contributed by atoms with Crippen molar-refractivity contribution in [3.05, 3.63) is 101 Å². The van der Waals surface area contributed by atoms with Crippen LogP contribution in [-0.4, -0.2) is 43.8 Å². The van der Waals surface area contributed by atoms with E-state index in [-0.39, 0.29) is 17.7 Å². The summed E-state index contributed by atoms with van der Waals surface area (Å²) < 4.78 is 1.58. The van der Waals surface area contributed by atoms with Crippen LogP contribution < -0.4 is 0 Å². The smallest absolute Gasteiger partial charge is 0.233 e. The normalized spacial score (nSPS) is 10.9. The number of thioether (sulfide) groups is 1. The van der Waals surface area contributed by atoms with Crippen molar-refractivity contribution >= 4 is 29.3 Å². The van der Waals surface area contributed by atoms with Crippen LogP contribution in [0.1, 0.15) is 17.2 Å². The Hall–Kier alpha value is -3.16. The summed E-state index contributed by atoms with van der Waals surface area (Å²) in [5.74, 6) is 0.177. The molecule has 0 bridgehead atoms. The van der Waals surface area contributed by atoms with Crippen LogP contribution >= 0.6 is 23.4 Å². The molecule has 1 heterocycles. The van der Waals surface area contributed by atoms with Crippen molar-refractivity contribution in [3.63, 3.8) is 0 Å². The zero-order valence-corrected chi connectivity index (χ0v) is 18.4. The zero-order valence-electron chi connectivity index (χ0n) is 16.8. The topological polar surface area (TPSA) is 63.9 Å². The van der Waals surface area contributed by atoms with Gasteiger partial charge in [0.15, 0.2) is 0 Å². The molecule has 4 aromatic rings. The number of amides is 1. The third-order valence-corrected chi connectivity index (χ3v) is 5.97. The van der Waals surface area contributed by atoms with E-state index in [1.807, 2.05) is 79.8 Å². The molecular weight excluding hydrogens is 430 g/mol. The number of carbonyl (C=O) groups excluding carboxylic acids is 1. The lowest BCUT2D eigenvalue weighted by molar-refractivity contribution is -0.128. The molecule has 0 atom stereocenters. The number of tetrazole rings is 1. The number of hydrogen-bond donors (Lipinski definition) is 0. The molecule has 31 heavy (non-hydrogen) atoms. The van der Waals surface area contributed by atoms with E-state index in [1.165, 1.54) is 11.8 Å². The van der Waals surface area contributed by atoms with E-state index in [4.69, 9.17) is 11.6 Å². The minimum absolute atomic E-state index is 0.0247. The maximum Gasteiger partial charge on any atom is 0.233 e. The van der Waals surface area contributed by atoms with Gasteiger partial charge >= 0.3 is 0 Å². The number of carbonyl (C=O) groups is 1. The second-order valence-corrected chi connectivity index (χ2v) is 8.25. The van der Waals surface area contributed by atoms with Crippen LogP contribution in [0.15, 0.2) is 90.1 Å². The number of rotatable bonds is 7. The highest BCUT2D eigenvalue weighted by atomic mass is 35.5. The van der Waals surface area contributed by atoms with Gasteiger partial charge in [-0.25, -0.2) is 0 Å². The van der Waals surface area contributed by atoms with Crippen LogP contribution in [0, 0.1) is 0 Å². The average molecular weight is 450 g/mol. The lowest BCUT2D eigenvalue weighted by atomic mass is 9.97. The number of hydrogen-bond acceptors (Lipinski definition) is 5. The molecule has 6 nitrogen and oxygen atoms in total. The number of benzene rings is 3. The molecule has 0 aliphatic rings. The highest BCUT2D eigenvalue weighted by Crippen LogP contribution is 2.29. The Morgan fingerprint density at radius 1 is 1.00 bits per heavy atom. The van der Waals surface area contributed by atoms with Gasteiger partial charge in [-0.3, -0.25) is 4.79 Å². The van der Waals surface area contributed by atoms with Crippen LogP contribution in [0.4, 0.5) is 0 Å². The molecule has 0 aliphatic heterocycles. The molecule has 0 unspecified atom stereocenters. The van der Waals surface area contributed by atoms with Crippen LogP contribution in [0.25, 0.3) is 5.69 Å². The van der Waals surface area contributed by atoms with Crippen molar-refractivity contribution in [2.24, 2.45) is 0 Å². The summed E-state index contributed by atoms with van der Waals surface area (Å²) in [6.07, 6.45) is 0. The van der Waals surface area contributed by atoms with Crippen molar-refractivity contribution in [2.75, 3.05) is 12.8 Å². The van der Waals surface area contributed by atoms with Crippen molar-refractivity contribution in [2.45, 2.75) is 11.2 Å². The molecule has 0 saturated carbocycles. The maximum absolute atomic E-state index is 13.1. The Morgan fingerprint density at radius 3 is 2.26 bits per heavy atom. The maximum atomic E-state index is 13.1. The molecule has 0 N–H and O–H groups in total. The second-order valence-electron chi connectivity index (χ2n) is 6.87. The zero-order chi connectivity index (χ0) is 21.6. The Bertz CT molecular complexity index is 1110. The fraction of sp³-hybridized carbons (Fsp3) is 0.130. The first-order valence-electron chi connectivity index (χ1n) is 9.66. The molecule has 0 fully saturated rings. The van der Waals surface area contributed by atoms with Crippen molar-refractivity contribution in [3.8, 4) is 5.69 Å². The number of nitrogens with zero attached hydrogens (tertiary/aromatic N) is 5. The first kappa shape index (κ1) is 21.1. The largest absolute Gasteiger partial charge is 0.334 e. The predicted octanol–water partition coefficient (Wildman–Crippen LogP) is 4.66. The van der Waals surface area contributed by atoms with Crippen molar-refractivity contribution < 1.29 is 4.79 Å². The molecule has 3 aromatic carbocycles. The van der Waals surface area contributed by atoms with Gasteiger partial charge in [-0.05, 0) is 39.8 Å². The van der Waals surface area contributed by atoms with Gasteiger partial charge in [-0.2, -0.15) is 4.68 Å². The first-order chi connectivity index (χ1) is 15.1. The van der Waals surface area contributed by atoms with Gasteiger partial charge < -0.3 is 4.90 Å². The standard InChI is InChI=1S/C23H20ClN5OS/c1-28(22(17-9-4-2-5-10-17)18-11-6-3-7-12-18)21(30)16-31-23-25-26-27-29(23)20-14-8-13-19(24)15-20/h2-15,22H,16H2,1H3. The fourth-order valence-electron chi connectivity index (χ4n) is 3.32. The van der Waals surface area contributed by atoms with E-state index in [0.29, 0.717) is 10.2 Å². The van der Waals surface area contributed by atoms with E-state index in [0.717, 1.165) is 16.8 Å². The highest BCUT2D eigenvalue weighted by Gasteiger charge is 2.24. The molecule has 1 aromatic heterocycles. The fourth-order valence-corrected chi connectivity index (χ4v) is 4.32. The molecule has 1 amide bonds. The Balaban J connectivity index is 1.52. The molecular formula is C23H20ClN5OS. The first-order valence-corrected chi connectivity index (χ1v) is 11.0. The molecule has 156 valence electrons. The minimum Gasteiger partial charge on any atom is -0.334 e. The predicted molar refractivity (Wildman–Crippen MR) is 122 cm³/mol. The van der Waals surface area contributed by atoms with Gasteiger partial charge in [0.1, 0.15) is 0 Å². The quantitative estimate of drug-likeness (QED) is 0.384. The average Bonchev–Trinajstić information content (AvgIpc) is 3.28. The van der Waals surface area contributed by atoms with Crippen molar-refractivity contribution in [1.29, 1.82) is 0 Å². The summed E-state index contributed by atoms with van der Waals surface area (Å²) >= 11 is 7.38. The summed E-state index contributed by atoms with van der Waals surface area (Å²) in [6, 6.07) is 27.1. The molecule has 4 rings (SSSR count). The monoisotopic (exact) mass is 449 g/mol. The van der Waals surface area contributed by atoms with Gasteiger partial charge in [0.25, 0.3) is 0 Å². The van der Waals surface area contributed by atoms with E-state index in [2.05, 4.69) is 15.5 Å². The van der Waals surface area contributed by atoms with Crippen LogP contribution in [0.5, 0.6) is 0 Å². The minimum atomic E-state index is -0.181. The Morgan fingerprint density at radius 2 is 1.65 bits per heavy atom. The lowest BCUT2D eigenvalue weighted by Gasteiger charge is -2.29. The van der Waals surface area contributed by atoms with Gasteiger partial charge in [0.05, 0.1) is 17.5 Å². The lowest BCUT2D eigenvalue weighted by Crippen LogP contribution is -2.33. The molecule has 0 aliphatic carbocycles. The summed E-state index contributed by atoms with van der Waals surface area (Å²) in [5.41, 5.74) is 2.85. The van der Waals surface area contributed by atoms with E-state index < -0.39 is 0 Å².